The Morgan fingerprint density at radius 1 is 1.44 bits per heavy atom. The number of hydrogen-bond donors (Lipinski definition) is 2. The van der Waals surface area contributed by atoms with Gasteiger partial charge in [0.15, 0.2) is 0 Å². The van der Waals surface area contributed by atoms with Crippen LogP contribution in [0.25, 0.3) is 0 Å². The Hall–Kier alpha value is -1.30. The highest BCUT2D eigenvalue weighted by Crippen LogP contribution is 2.16. The van der Waals surface area contributed by atoms with Gasteiger partial charge in [0, 0.05) is 19.6 Å². The Balaban J connectivity index is 2.26. The zero-order chi connectivity index (χ0) is 13.5. The first-order valence-electron chi connectivity index (χ1n) is 6.41. The molecule has 0 aliphatic carbocycles. The van der Waals surface area contributed by atoms with Gasteiger partial charge < -0.3 is 20.2 Å². The summed E-state index contributed by atoms with van der Waals surface area (Å²) in [4.78, 5) is 26.4. The summed E-state index contributed by atoms with van der Waals surface area (Å²) in [7, 11) is 3.98. The molecule has 1 atom stereocenters. The van der Waals surface area contributed by atoms with E-state index in [1.807, 2.05) is 14.1 Å². The van der Waals surface area contributed by atoms with Crippen LogP contribution in [0.4, 0.5) is 4.79 Å². The molecule has 1 fully saturated rings. The number of likely N-dealkylation sites (tertiary alicyclic amines) is 1. The van der Waals surface area contributed by atoms with Gasteiger partial charge >= 0.3 is 12.0 Å². The second-order valence-electron chi connectivity index (χ2n) is 5.01. The summed E-state index contributed by atoms with van der Waals surface area (Å²) in [6.45, 7) is 2.54. The van der Waals surface area contributed by atoms with Gasteiger partial charge in [-0.25, -0.2) is 4.79 Å². The fourth-order valence-electron chi connectivity index (χ4n) is 2.07. The summed E-state index contributed by atoms with van der Waals surface area (Å²) in [6, 6.07) is -0.139. The van der Waals surface area contributed by atoms with Crippen LogP contribution >= 0.6 is 0 Å². The molecule has 1 rings (SSSR count). The SMILES string of the molecule is CN(C)CCCNC(=O)N1CCC[C@@H](C(=O)O)C1. The third-order valence-electron chi connectivity index (χ3n) is 3.12. The van der Waals surface area contributed by atoms with Crippen molar-refractivity contribution in [3.8, 4) is 0 Å². The minimum atomic E-state index is -0.805. The maximum atomic E-state index is 11.8. The molecule has 0 aromatic rings. The Morgan fingerprint density at radius 3 is 2.78 bits per heavy atom. The third kappa shape index (κ3) is 4.91. The van der Waals surface area contributed by atoms with Gasteiger partial charge in [0.05, 0.1) is 5.92 Å². The molecule has 0 radical (unpaired) electrons. The number of aliphatic carboxylic acids is 1. The van der Waals surface area contributed by atoms with Gasteiger partial charge in [-0.2, -0.15) is 0 Å². The van der Waals surface area contributed by atoms with Crippen molar-refractivity contribution in [1.29, 1.82) is 0 Å². The molecule has 2 amide bonds. The van der Waals surface area contributed by atoms with Gasteiger partial charge in [0.1, 0.15) is 0 Å². The molecule has 6 nitrogen and oxygen atoms in total. The molecule has 1 aliphatic rings. The third-order valence-corrected chi connectivity index (χ3v) is 3.12. The molecule has 1 aliphatic heterocycles. The molecule has 0 saturated carbocycles. The predicted molar refractivity (Wildman–Crippen MR) is 68.5 cm³/mol. The van der Waals surface area contributed by atoms with Gasteiger partial charge in [0.25, 0.3) is 0 Å². The quantitative estimate of drug-likeness (QED) is 0.701. The number of urea groups is 1. The number of carbonyl (C=O) groups excluding carboxylic acids is 1. The van der Waals surface area contributed by atoms with Crippen molar-refractivity contribution in [2.24, 2.45) is 5.92 Å². The van der Waals surface area contributed by atoms with E-state index >= 15 is 0 Å². The molecule has 18 heavy (non-hydrogen) atoms. The van der Waals surface area contributed by atoms with Crippen LogP contribution in [-0.4, -0.2) is 67.2 Å². The molecule has 0 aromatic carbocycles. The summed E-state index contributed by atoms with van der Waals surface area (Å²) >= 11 is 0. The van der Waals surface area contributed by atoms with Crippen molar-refractivity contribution in [2.75, 3.05) is 40.3 Å². The van der Waals surface area contributed by atoms with E-state index in [-0.39, 0.29) is 6.03 Å². The molecular formula is C12H23N3O3. The first-order chi connectivity index (χ1) is 8.50. The molecule has 0 aromatic heterocycles. The highest BCUT2D eigenvalue weighted by Gasteiger charge is 2.27. The zero-order valence-corrected chi connectivity index (χ0v) is 11.2. The fourth-order valence-corrected chi connectivity index (χ4v) is 2.07. The standard InChI is InChI=1S/C12H23N3O3/c1-14(2)7-4-6-13-12(18)15-8-3-5-10(9-15)11(16)17/h10H,3-9H2,1-2H3,(H,13,18)(H,16,17)/t10-/m1/s1. The van der Waals surface area contributed by atoms with E-state index in [9.17, 15) is 9.59 Å². The van der Waals surface area contributed by atoms with Crippen molar-refractivity contribution >= 4 is 12.0 Å². The van der Waals surface area contributed by atoms with E-state index in [1.54, 1.807) is 4.90 Å². The largest absolute Gasteiger partial charge is 0.481 e. The summed E-state index contributed by atoms with van der Waals surface area (Å²) in [5, 5.41) is 11.8. The Bertz CT molecular complexity index is 294. The van der Waals surface area contributed by atoms with Crippen LogP contribution in [-0.2, 0) is 4.79 Å². The first kappa shape index (κ1) is 14.8. The van der Waals surface area contributed by atoms with Crippen LogP contribution in [0.1, 0.15) is 19.3 Å². The van der Waals surface area contributed by atoms with Crippen LogP contribution in [0.15, 0.2) is 0 Å². The van der Waals surface area contributed by atoms with E-state index in [0.717, 1.165) is 19.4 Å². The number of carboxylic acids is 1. The molecule has 104 valence electrons. The second-order valence-corrected chi connectivity index (χ2v) is 5.01. The Kier molecular flexibility index (Phi) is 5.91. The van der Waals surface area contributed by atoms with Crippen molar-refractivity contribution in [3.63, 3.8) is 0 Å². The lowest BCUT2D eigenvalue weighted by atomic mass is 9.99. The fraction of sp³-hybridized carbons (Fsp3) is 0.833. The van der Waals surface area contributed by atoms with E-state index in [4.69, 9.17) is 5.11 Å². The molecule has 0 bridgehead atoms. The number of carboxylic acid groups (broad SMARTS) is 1. The number of nitrogens with one attached hydrogen (secondary N) is 1. The topological polar surface area (TPSA) is 72.9 Å². The number of nitrogens with zero attached hydrogens (tertiary/aromatic N) is 2. The van der Waals surface area contributed by atoms with E-state index in [0.29, 0.717) is 26.1 Å². The number of piperidine rings is 1. The average molecular weight is 257 g/mol. The van der Waals surface area contributed by atoms with Gasteiger partial charge in [-0.15, -0.1) is 0 Å². The minimum absolute atomic E-state index is 0.139. The van der Waals surface area contributed by atoms with Crippen molar-refractivity contribution in [2.45, 2.75) is 19.3 Å². The second kappa shape index (κ2) is 7.20. The average Bonchev–Trinajstić information content (AvgIpc) is 2.34. The van der Waals surface area contributed by atoms with Gasteiger partial charge in [-0.1, -0.05) is 0 Å². The lowest BCUT2D eigenvalue weighted by Crippen LogP contribution is -2.47. The smallest absolute Gasteiger partial charge is 0.317 e. The molecule has 1 saturated heterocycles. The summed E-state index contributed by atoms with van der Waals surface area (Å²) < 4.78 is 0. The number of rotatable bonds is 5. The maximum absolute atomic E-state index is 11.8. The maximum Gasteiger partial charge on any atom is 0.317 e. The van der Waals surface area contributed by atoms with Crippen molar-refractivity contribution < 1.29 is 14.7 Å². The number of carbonyl (C=O) groups is 2. The van der Waals surface area contributed by atoms with E-state index in [2.05, 4.69) is 10.2 Å². The van der Waals surface area contributed by atoms with Gasteiger partial charge in [-0.3, -0.25) is 4.79 Å². The lowest BCUT2D eigenvalue weighted by Gasteiger charge is -2.30. The number of hydrogen-bond acceptors (Lipinski definition) is 3. The summed E-state index contributed by atoms with van der Waals surface area (Å²) in [6.07, 6.45) is 2.33. The molecule has 1 heterocycles. The normalized spacial score (nSPS) is 19.9. The van der Waals surface area contributed by atoms with Crippen LogP contribution in [0.3, 0.4) is 0 Å². The van der Waals surface area contributed by atoms with Crippen molar-refractivity contribution in [1.82, 2.24) is 15.1 Å². The predicted octanol–water partition coefficient (Wildman–Crippen LogP) is 0.444. The number of amides is 2. The minimum Gasteiger partial charge on any atom is -0.481 e. The van der Waals surface area contributed by atoms with Crippen LogP contribution in [0.5, 0.6) is 0 Å². The first-order valence-corrected chi connectivity index (χ1v) is 6.41. The van der Waals surface area contributed by atoms with E-state index in [1.165, 1.54) is 0 Å². The molecule has 6 heteroatoms. The van der Waals surface area contributed by atoms with Crippen molar-refractivity contribution in [3.05, 3.63) is 0 Å². The molecule has 0 unspecified atom stereocenters. The highest BCUT2D eigenvalue weighted by atomic mass is 16.4. The van der Waals surface area contributed by atoms with Crippen LogP contribution < -0.4 is 5.32 Å². The summed E-state index contributed by atoms with van der Waals surface area (Å²) in [5.74, 6) is -1.22. The Morgan fingerprint density at radius 2 is 2.17 bits per heavy atom. The van der Waals surface area contributed by atoms with Crippen LogP contribution in [0.2, 0.25) is 0 Å². The molecular weight excluding hydrogens is 234 g/mol. The molecule has 0 spiro atoms. The van der Waals surface area contributed by atoms with E-state index < -0.39 is 11.9 Å². The van der Waals surface area contributed by atoms with Gasteiger partial charge in [-0.05, 0) is 39.9 Å². The molecule has 2 N–H and O–H groups in total. The monoisotopic (exact) mass is 257 g/mol. The lowest BCUT2D eigenvalue weighted by molar-refractivity contribution is -0.143. The van der Waals surface area contributed by atoms with Crippen LogP contribution in [0, 0.1) is 5.92 Å². The van der Waals surface area contributed by atoms with Gasteiger partial charge in [0.2, 0.25) is 0 Å². The Labute approximate surface area is 108 Å². The summed E-state index contributed by atoms with van der Waals surface area (Å²) in [5.41, 5.74) is 0. The zero-order valence-electron chi connectivity index (χ0n) is 11.2. The highest BCUT2D eigenvalue weighted by molar-refractivity contribution is 5.76.